The van der Waals surface area contributed by atoms with E-state index < -0.39 is 16.4 Å². The fourth-order valence-electron chi connectivity index (χ4n) is 4.27. The molecule has 1 fully saturated rings. The molecule has 170 valence electrons. The second-order valence-corrected chi connectivity index (χ2v) is 9.35. The average Bonchev–Trinajstić information content (AvgIpc) is 3.27. The Bertz CT molecular complexity index is 1180. The molecule has 1 heterocycles. The Hall–Kier alpha value is -2.92. The second kappa shape index (κ2) is 8.55. The van der Waals surface area contributed by atoms with Gasteiger partial charge in [0.05, 0.1) is 4.90 Å². The van der Waals surface area contributed by atoms with Crippen LogP contribution in [0.2, 0.25) is 0 Å². The van der Waals surface area contributed by atoms with Gasteiger partial charge in [-0.2, -0.15) is 0 Å². The lowest BCUT2D eigenvalue weighted by atomic mass is 9.78. The summed E-state index contributed by atoms with van der Waals surface area (Å²) in [6.45, 7) is 0. The molecule has 4 rings (SSSR count). The standard InChI is InChI=1S/C21H21F3N4O3S/c22-21(23,24)31-17-6-4-14(5-7-17)19-9-8-18(32(25,29)30)11-20(19)15-2-1-3-16(10-15)28-12-26-27-13-28/h4-9,11-13,15-16H,1-3,10H2,(H2,25,29,30)/t15-,16+/m0/s1. The molecule has 1 saturated carbocycles. The molecule has 2 aromatic carbocycles. The monoisotopic (exact) mass is 466 g/mol. The highest BCUT2D eigenvalue weighted by Gasteiger charge is 2.31. The van der Waals surface area contributed by atoms with Crippen LogP contribution in [0.5, 0.6) is 5.75 Å². The highest BCUT2D eigenvalue weighted by molar-refractivity contribution is 7.89. The number of primary sulfonamides is 1. The summed E-state index contributed by atoms with van der Waals surface area (Å²) >= 11 is 0. The number of rotatable bonds is 5. The number of halogens is 3. The van der Waals surface area contributed by atoms with Crippen LogP contribution in [0.1, 0.15) is 43.2 Å². The molecule has 1 aromatic heterocycles. The molecule has 0 spiro atoms. The van der Waals surface area contributed by atoms with E-state index >= 15 is 0 Å². The van der Waals surface area contributed by atoms with E-state index in [0.29, 0.717) is 5.56 Å². The number of nitrogens with zero attached hydrogens (tertiary/aromatic N) is 3. The van der Waals surface area contributed by atoms with E-state index in [9.17, 15) is 21.6 Å². The van der Waals surface area contributed by atoms with Crippen molar-refractivity contribution in [2.75, 3.05) is 0 Å². The highest BCUT2D eigenvalue weighted by atomic mass is 32.2. The maximum Gasteiger partial charge on any atom is 0.573 e. The molecule has 1 aliphatic carbocycles. The number of aromatic nitrogens is 3. The third-order valence-electron chi connectivity index (χ3n) is 5.70. The molecule has 1 aliphatic rings. The molecule has 7 nitrogen and oxygen atoms in total. The van der Waals surface area contributed by atoms with Gasteiger partial charge in [-0.15, -0.1) is 23.4 Å². The first-order valence-electron chi connectivity index (χ1n) is 9.97. The van der Waals surface area contributed by atoms with Crippen LogP contribution >= 0.6 is 0 Å². The van der Waals surface area contributed by atoms with Gasteiger partial charge in [0.1, 0.15) is 18.4 Å². The summed E-state index contributed by atoms with van der Waals surface area (Å²) in [5.41, 5.74) is 2.19. The summed E-state index contributed by atoms with van der Waals surface area (Å²) in [4.78, 5) is -0.000282. The quantitative estimate of drug-likeness (QED) is 0.601. The number of alkyl halides is 3. The van der Waals surface area contributed by atoms with E-state index in [-0.39, 0.29) is 22.6 Å². The molecule has 0 amide bonds. The predicted octanol–water partition coefficient (Wildman–Crippen LogP) is 4.39. The van der Waals surface area contributed by atoms with Crippen molar-refractivity contribution in [2.24, 2.45) is 5.14 Å². The van der Waals surface area contributed by atoms with E-state index in [1.54, 1.807) is 24.8 Å². The van der Waals surface area contributed by atoms with E-state index in [1.165, 1.54) is 30.3 Å². The minimum atomic E-state index is -4.77. The van der Waals surface area contributed by atoms with Crippen LogP contribution in [0.25, 0.3) is 11.1 Å². The topological polar surface area (TPSA) is 100 Å². The van der Waals surface area contributed by atoms with E-state index in [0.717, 1.165) is 36.8 Å². The van der Waals surface area contributed by atoms with Crippen molar-refractivity contribution in [3.05, 3.63) is 60.7 Å². The van der Waals surface area contributed by atoms with Gasteiger partial charge in [-0.05, 0) is 66.1 Å². The highest BCUT2D eigenvalue weighted by Crippen LogP contribution is 2.43. The lowest BCUT2D eigenvalue weighted by molar-refractivity contribution is -0.274. The fraction of sp³-hybridized carbons (Fsp3) is 0.333. The van der Waals surface area contributed by atoms with Crippen molar-refractivity contribution in [2.45, 2.75) is 48.9 Å². The average molecular weight is 466 g/mol. The van der Waals surface area contributed by atoms with Crippen molar-refractivity contribution in [3.63, 3.8) is 0 Å². The molecule has 0 saturated heterocycles. The van der Waals surface area contributed by atoms with E-state index in [2.05, 4.69) is 14.9 Å². The zero-order chi connectivity index (χ0) is 22.9. The molecule has 11 heteroatoms. The van der Waals surface area contributed by atoms with Crippen LogP contribution in [0, 0.1) is 0 Å². The number of benzene rings is 2. The first-order chi connectivity index (χ1) is 15.1. The third-order valence-corrected chi connectivity index (χ3v) is 6.61. The van der Waals surface area contributed by atoms with Gasteiger partial charge >= 0.3 is 6.36 Å². The third kappa shape index (κ3) is 5.10. The molecule has 2 atom stereocenters. The number of sulfonamides is 1. The summed E-state index contributed by atoms with van der Waals surface area (Å²) in [6, 6.07) is 10.3. The smallest absolute Gasteiger partial charge is 0.406 e. The Morgan fingerprint density at radius 1 is 1.03 bits per heavy atom. The lowest BCUT2D eigenvalue weighted by Crippen LogP contribution is -2.19. The maximum absolute atomic E-state index is 12.5. The Morgan fingerprint density at radius 2 is 1.72 bits per heavy atom. The predicted molar refractivity (Wildman–Crippen MR) is 110 cm³/mol. The van der Waals surface area contributed by atoms with Gasteiger partial charge in [-0.3, -0.25) is 0 Å². The molecule has 0 bridgehead atoms. The SMILES string of the molecule is NS(=O)(=O)c1ccc(-c2ccc(OC(F)(F)F)cc2)c([C@H]2CCC[C@@H](n3cnnc3)C2)c1. The van der Waals surface area contributed by atoms with Gasteiger partial charge in [0.25, 0.3) is 0 Å². The molecule has 32 heavy (non-hydrogen) atoms. The maximum atomic E-state index is 12.5. The van der Waals surface area contributed by atoms with Gasteiger partial charge in [-0.25, -0.2) is 13.6 Å². The van der Waals surface area contributed by atoms with Crippen molar-refractivity contribution in [1.29, 1.82) is 0 Å². The first kappa shape index (κ1) is 22.3. The van der Waals surface area contributed by atoms with Crippen LogP contribution in [-0.4, -0.2) is 29.5 Å². The van der Waals surface area contributed by atoms with Crippen LogP contribution in [0.4, 0.5) is 13.2 Å². The minimum absolute atomic E-state index is 0.000282. The number of hydrogen-bond acceptors (Lipinski definition) is 5. The zero-order valence-corrected chi connectivity index (χ0v) is 17.7. The van der Waals surface area contributed by atoms with Crippen LogP contribution < -0.4 is 9.88 Å². The van der Waals surface area contributed by atoms with E-state index in [4.69, 9.17) is 5.14 Å². The largest absolute Gasteiger partial charge is 0.573 e. The summed E-state index contributed by atoms with van der Waals surface area (Å²) in [5, 5.41) is 13.1. The van der Waals surface area contributed by atoms with Gasteiger partial charge in [0.2, 0.25) is 10.0 Å². The Labute approximate surface area is 183 Å². The van der Waals surface area contributed by atoms with Crippen molar-refractivity contribution in [1.82, 2.24) is 14.8 Å². The Balaban J connectivity index is 1.71. The molecule has 2 N–H and O–H groups in total. The summed E-state index contributed by atoms with van der Waals surface area (Å²) < 4.78 is 67.3. The Kier molecular flexibility index (Phi) is 5.95. The molecule has 0 aliphatic heterocycles. The van der Waals surface area contributed by atoms with E-state index in [1.807, 2.05) is 4.57 Å². The first-order valence-corrected chi connectivity index (χ1v) is 11.5. The molecular formula is C21H21F3N4O3S. The van der Waals surface area contributed by atoms with Crippen LogP contribution in [0.15, 0.2) is 60.0 Å². The number of nitrogens with two attached hydrogens (primary N) is 1. The van der Waals surface area contributed by atoms with Crippen molar-refractivity contribution in [3.8, 4) is 16.9 Å². The second-order valence-electron chi connectivity index (χ2n) is 7.79. The number of hydrogen-bond donors (Lipinski definition) is 1. The molecule has 0 unspecified atom stereocenters. The lowest BCUT2D eigenvalue weighted by Gasteiger charge is -2.31. The summed E-state index contributed by atoms with van der Waals surface area (Å²) in [5.74, 6) is -0.298. The molecule has 3 aromatic rings. The summed E-state index contributed by atoms with van der Waals surface area (Å²) in [6.07, 6.45) is 2.00. The van der Waals surface area contributed by atoms with Gasteiger partial charge in [0, 0.05) is 6.04 Å². The number of ether oxygens (including phenoxy) is 1. The molecular weight excluding hydrogens is 445 g/mol. The van der Waals surface area contributed by atoms with Gasteiger partial charge in [-0.1, -0.05) is 24.6 Å². The van der Waals surface area contributed by atoms with Gasteiger partial charge in [0.15, 0.2) is 0 Å². The van der Waals surface area contributed by atoms with Gasteiger partial charge < -0.3 is 9.30 Å². The van der Waals surface area contributed by atoms with Crippen molar-refractivity contribution >= 4 is 10.0 Å². The Morgan fingerprint density at radius 3 is 2.34 bits per heavy atom. The molecule has 0 radical (unpaired) electrons. The van der Waals surface area contributed by atoms with Crippen molar-refractivity contribution < 1.29 is 26.3 Å². The van der Waals surface area contributed by atoms with Crippen LogP contribution in [-0.2, 0) is 10.0 Å². The zero-order valence-electron chi connectivity index (χ0n) is 16.9. The summed E-state index contributed by atoms with van der Waals surface area (Å²) in [7, 11) is -3.92. The fourth-order valence-corrected chi connectivity index (χ4v) is 4.82. The minimum Gasteiger partial charge on any atom is -0.406 e. The van der Waals surface area contributed by atoms with Crippen LogP contribution in [0.3, 0.4) is 0 Å². The normalized spacial score (nSPS) is 19.6.